The van der Waals surface area contributed by atoms with E-state index in [1.807, 2.05) is 30.9 Å². The number of benzene rings is 1. The Balaban J connectivity index is 1.55. The number of piperidine rings is 1. The van der Waals surface area contributed by atoms with E-state index in [1.54, 1.807) is 11.8 Å². The second-order valence-corrected chi connectivity index (χ2v) is 7.73. The number of carbonyl (C=O) groups is 3. The Kier molecular flexibility index (Phi) is 6.21. The summed E-state index contributed by atoms with van der Waals surface area (Å²) in [6.07, 6.45) is 1.39. The largest absolute Gasteiger partial charge is 0.450 e. The van der Waals surface area contributed by atoms with Gasteiger partial charge in [0.05, 0.1) is 12.5 Å². The summed E-state index contributed by atoms with van der Waals surface area (Å²) >= 11 is 0. The molecule has 152 valence electrons. The molecule has 1 unspecified atom stereocenters. The lowest BCUT2D eigenvalue weighted by atomic mass is 10.0. The van der Waals surface area contributed by atoms with Crippen molar-refractivity contribution in [2.24, 2.45) is 5.92 Å². The minimum absolute atomic E-state index is 0.0233. The van der Waals surface area contributed by atoms with Crippen molar-refractivity contribution in [2.45, 2.75) is 46.1 Å². The maximum Gasteiger partial charge on any atom is 0.409 e. The lowest BCUT2D eigenvalue weighted by molar-refractivity contribution is -0.130. The van der Waals surface area contributed by atoms with Crippen molar-refractivity contribution in [1.29, 1.82) is 0 Å². The van der Waals surface area contributed by atoms with Gasteiger partial charge in [0.1, 0.15) is 0 Å². The van der Waals surface area contributed by atoms with Gasteiger partial charge in [0.2, 0.25) is 11.8 Å². The van der Waals surface area contributed by atoms with E-state index in [0.29, 0.717) is 26.2 Å². The minimum Gasteiger partial charge on any atom is -0.450 e. The molecule has 1 aromatic carbocycles. The standard InChI is InChI=1S/C21H29N3O4/c1-4-28-21(27)23-7-5-18(6-8-23)24-13-16(12-19(24)25)20(26)22-17-10-14(2)9-15(3)11-17/h9-11,16,18H,4-8,12-13H2,1-3H3,(H,22,26). The van der Waals surface area contributed by atoms with Gasteiger partial charge in [-0.15, -0.1) is 0 Å². The Labute approximate surface area is 166 Å². The maximum absolute atomic E-state index is 12.7. The number of ether oxygens (including phenoxy) is 1. The first-order chi connectivity index (χ1) is 13.4. The lowest BCUT2D eigenvalue weighted by Crippen LogP contribution is -2.47. The number of hydrogen-bond acceptors (Lipinski definition) is 4. The molecular formula is C21H29N3O4. The minimum atomic E-state index is -0.337. The number of carbonyl (C=O) groups excluding carboxylic acids is 3. The summed E-state index contributed by atoms with van der Waals surface area (Å²) in [5.74, 6) is -0.420. The molecule has 7 nitrogen and oxygen atoms in total. The first-order valence-corrected chi connectivity index (χ1v) is 9.97. The number of rotatable bonds is 4. The lowest BCUT2D eigenvalue weighted by Gasteiger charge is -2.36. The number of amides is 3. The second-order valence-electron chi connectivity index (χ2n) is 7.73. The molecular weight excluding hydrogens is 358 g/mol. The SMILES string of the molecule is CCOC(=O)N1CCC(N2CC(C(=O)Nc3cc(C)cc(C)c3)CC2=O)CC1. The van der Waals surface area contributed by atoms with Crippen molar-refractivity contribution in [2.75, 3.05) is 31.6 Å². The molecule has 28 heavy (non-hydrogen) atoms. The molecule has 2 saturated heterocycles. The van der Waals surface area contributed by atoms with Crippen LogP contribution in [0.3, 0.4) is 0 Å². The van der Waals surface area contributed by atoms with Gasteiger partial charge in [0, 0.05) is 37.8 Å². The molecule has 0 saturated carbocycles. The molecule has 2 aliphatic rings. The van der Waals surface area contributed by atoms with Crippen molar-refractivity contribution in [3.05, 3.63) is 29.3 Å². The highest BCUT2D eigenvalue weighted by atomic mass is 16.6. The number of hydrogen-bond donors (Lipinski definition) is 1. The third kappa shape index (κ3) is 4.64. The average molecular weight is 387 g/mol. The number of anilines is 1. The summed E-state index contributed by atoms with van der Waals surface area (Å²) in [6.45, 7) is 7.73. The van der Waals surface area contributed by atoms with Crippen LogP contribution in [0.5, 0.6) is 0 Å². The highest BCUT2D eigenvalue weighted by molar-refractivity contribution is 5.97. The van der Waals surface area contributed by atoms with Gasteiger partial charge in [-0.05, 0) is 56.9 Å². The van der Waals surface area contributed by atoms with Crippen LogP contribution in [0, 0.1) is 19.8 Å². The van der Waals surface area contributed by atoms with E-state index in [1.165, 1.54) is 0 Å². The van der Waals surface area contributed by atoms with E-state index in [0.717, 1.165) is 29.7 Å². The molecule has 2 fully saturated rings. The predicted molar refractivity (Wildman–Crippen MR) is 106 cm³/mol. The Morgan fingerprint density at radius 3 is 2.39 bits per heavy atom. The van der Waals surface area contributed by atoms with Gasteiger partial charge in [0.25, 0.3) is 0 Å². The number of aryl methyl sites for hydroxylation is 2. The predicted octanol–water partition coefficient (Wildman–Crippen LogP) is 2.71. The number of nitrogens with zero attached hydrogens (tertiary/aromatic N) is 2. The van der Waals surface area contributed by atoms with E-state index in [9.17, 15) is 14.4 Å². The quantitative estimate of drug-likeness (QED) is 0.862. The molecule has 0 aromatic heterocycles. The van der Waals surface area contributed by atoms with Crippen LogP contribution in [0.2, 0.25) is 0 Å². The molecule has 3 rings (SSSR count). The molecule has 1 N–H and O–H groups in total. The van der Waals surface area contributed by atoms with E-state index in [2.05, 4.69) is 11.4 Å². The summed E-state index contributed by atoms with van der Waals surface area (Å²) in [6, 6.07) is 6.01. The van der Waals surface area contributed by atoms with Crippen LogP contribution in [0.4, 0.5) is 10.5 Å². The zero-order valence-corrected chi connectivity index (χ0v) is 16.9. The van der Waals surface area contributed by atoms with Crippen LogP contribution in [0.15, 0.2) is 18.2 Å². The third-order valence-corrected chi connectivity index (χ3v) is 5.45. The number of nitrogens with one attached hydrogen (secondary N) is 1. The van der Waals surface area contributed by atoms with Crippen LogP contribution < -0.4 is 5.32 Å². The molecule has 1 atom stereocenters. The van der Waals surface area contributed by atoms with Gasteiger partial charge < -0.3 is 19.9 Å². The maximum atomic E-state index is 12.7. The summed E-state index contributed by atoms with van der Waals surface area (Å²) in [5.41, 5.74) is 2.96. The van der Waals surface area contributed by atoms with Crippen LogP contribution >= 0.6 is 0 Å². The zero-order chi connectivity index (χ0) is 20.3. The van der Waals surface area contributed by atoms with Crippen molar-refractivity contribution in [3.63, 3.8) is 0 Å². The molecule has 2 heterocycles. The van der Waals surface area contributed by atoms with Gasteiger partial charge in [0.15, 0.2) is 0 Å². The highest BCUT2D eigenvalue weighted by Crippen LogP contribution is 2.27. The van der Waals surface area contributed by atoms with Crippen LogP contribution in [-0.2, 0) is 14.3 Å². The second kappa shape index (κ2) is 8.63. The van der Waals surface area contributed by atoms with E-state index in [-0.39, 0.29) is 36.3 Å². The zero-order valence-electron chi connectivity index (χ0n) is 16.9. The molecule has 0 spiro atoms. The van der Waals surface area contributed by atoms with Crippen molar-refractivity contribution < 1.29 is 19.1 Å². The van der Waals surface area contributed by atoms with E-state index in [4.69, 9.17) is 4.74 Å². The first kappa shape index (κ1) is 20.2. The van der Waals surface area contributed by atoms with E-state index < -0.39 is 0 Å². The summed E-state index contributed by atoms with van der Waals surface area (Å²) in [5, 5.41) is 2.96. The summed E-state index contributed by atoms with van der Waals surface area (Å²) < 4.78 is 5.04. The molecule has 0 aliphatic carbocycles. The molecule has 1 aromatic rings. The molecule has 3 amide bonds. The Morgan fingerprint density at radius 1 is 1.14 bits per heavy atom. The van der Waals surface area contributed by atoms with Gasteiger partial charge in [-0.2, -0.15) is 0 Å². The monoisotopic (exact) mass is 387 g/mol. The van der Waals surface area contributed by atoms with Gasteiger partial charge in [-0.1, -0.05) is 6.07 Å². The smallest absolute Gasteiger partial charge is 0.409 e. The third-order valence-electron chi connectivity index (χ3n) is 5.45. The molecule has 0 bridgehead atoms. The van der Waals surface area contributed by atoms with Crippen molar-refractivity contribution in [1.82, 2.24) is 9.80 Å². The van der Waals surface area contributed by atoms with Crippen LogP contribution in [-0.4, -0.2) is 60.0 Å². The fourth-order valence-electron chi connectivity index (χ4n) is 4.13. The topological polar surface area (TPSA) is 79.0 Å². The Hall–Kier alpha value is -2.57. The summed E-state index contributed by atoms with van der Waals surface area (Å²) in [7, 11) is 0. The molecule has 2 aliphatic heterocycles. The van der Waals surface area contributed by atoms with Gasteiger partial charge in [-0.3, -0.25) is 9.59 Å². The fourth-order valence-corrected chi connectivity index (χ4v) is 4.13. The first-order valence-electron chi connectivity index (χ1n) is 9.97. The van der Waals surface area contributed by atoms with Gasteiger partial charge in [-0.25, -0.2) is 4.79 Å². The fraction of sp³-hybridized carbons (Fsp3) is 0.571. The van der Waals surface area contributed by atoms with Crippen LogP contribution in [0.1, 0.15) is 37.3 Å². The number of likely N-dealkylation sites (tertiary alicyclic amines) is 2. The Morgan fingerprint density at radius 2 is 1.79 bits per heavy atom. The normalized spacial score (nSPS) is 20.4. The summed E-state index contributed by atoms with van der Waals surface area (Å²) in [4.78, 5) is 40.5. The Bertz CT molecular complexity index is 736. The van der Waals surface area contributed by atoms with E-state index >= 15 is 0 Å². The van der Waals surface area contributed by atoms with Crippen molar-refractivity contribution in [3.8, 4) is 0 Å². The highest BCUT2D eigenvalue weighted by Gasteiger charge is 2.39. The average Bonchev–Trinajstić information content (AvgIpc) is 3.03. The van der Waals surface area contributed by atoms with Crippen molar-refractivity contribution >= 4 is 23.6 Å². The molecule has 0 radical (unpaired) electrons. The van der Waals surface area contributed by atoms with Gasteiger partial charge >= 0.3 is 6.09 Å². The molecule has 7 heteroatoms. The van der Waals surface area contributed by atoms with Crippen LogP contribution in [0.25, 0.3) is 0 Å².